The molecule has 0 aliphatic rings. The quantitative estimate of drug-likeness (QED) is 0.699. The molecule has 3 aromatic carbocycles. The third-order valence-electron chi connectivity index (χ3n) is 4.34. The number of benzene rings is 3. The van der Waals surface area contributed by atoms with E-state index in [0.717, 1.165) is 22.3 Å². The topological polar surface area (TPSA) is 47.6 Å². The average Bonchev–Trinajstić information content (AvgIpc) is 2.70. The molecule has 0 saturated heterocycles. The molecule has 4 heteroatoms. The highest BCUT2D eigenvalue weighted by molar-refractivity contribution is 5.86. The lowest BCUT2D eigenvalue weighted by molar-refractivity contribution is -0.132. The van der Waals surface area contributed by atoms with E-state index in [2.05, 4.69) is 23.5 Å². The van der Waals surface area contributed by atoms with Crippen molar-refractivity contribution in [2.24, 2.45) is 0 Å². The summed E-state index contributed by atoms with van der Waals surface area (Å²) in [5, 5.41) is 5.28. The summed E-state index contributed by atoms with van der Waals surface area (Å²) in [7, 11) is 1.63. The van der Waals surface area contributed by atoms with Crippen LogP contribution in [0.1, 0.15) is 18.1 Å². The molecule has 0 aliphatic heterocycles. The second-order valence-electron chi connectivity index (χ2n) is 6.16. The van der Waals surface area contributed by atoms with Gasteiger partial charge in [-0.1, -0.05) is 54.6 Å². The molecule has 0 heterocycles. The molecule has 0 spiro atoms. The summed E-state index contributed by atoms with van der Waals surface area (Å²) >= 11 is 0. The van der Waals surface area contributed by atoms with Crippen LogP contribution in [0, 0.1) is 0 Å². The zero-order chi connectivity index (χ0) is 18.4. The van der Waals surface area contributed by atoms with Crippen molar-refractivity contribution in [2.75, 3.05) is 7.11 Å². The summed E-state index contributed by atoms with van der Waals surface area (Å²) < 4.78 is 10.9. The molecule has 3 aromatic rings. The molecule has 1 N–H and O–H groups in total. The Hall–Kier alpha value is -2.85. The molecule has 0 saturated carbocycles. The normalized spacial score (nSPS) is 11.9. The van der Waals surface area contributed by atoms with Crippen LogP contribution in [-0.4, -0.2) is 19.1 Å². The number of hydrogen-bond donors (Lipinski definition) is 1. The zero-order valence-electron chi connectivity index (χ0n) is 15.1. The molecule has 0 aromatic heterocycles. The van der Waals surface area contributed by atoms with Crippen molar-refractivity contribution in [1.29, 1.82) is 0 Å². The number of rotatable bonds is 7. The third kappa shape index (κ3) is 4.41. The van der Waals surface area contributed by atoms with Crippen LogP contribution in [0.3, 0.4) is 0 Å². The Kier molecular flexibility index (Phi) is 5.87. The number of fused-ring (bicyclic) bond motifs is 1. The van der Waals surface area contributed by atoms with E-state index in [4.69, 9.17) is 9.47 Å². The Balaban J connectivity index is 1.55. The van der Waals surface area contributed by atoms with Gasteiger partial charge in [0.25, 0.3) is 0 Å². The summed E-state index contributed by atoms with van der Waals surface area (Å²) in [6.45, 7) is 2.60. The summed E-state index contributed by atoms with van der Waals surface area (Å²) in [4.78, 5) is 12.3. The van der Waals surface area contributed by atoms with Crippen LogP contribution >= 0.6 is 0 Å². The predicted octanol–water partition coefficient (Wildman–Crippen LogP) is 4.07. The molecule has 134 valence electrons. The van der Waals surface area contributed by atoms with Gasteiger partial charge in [-0.05, 0) is 41.0 Å². The smallest absolute Gasteiger partial charge is 0.249 e. The molecule has 0 radical (unpaired) electrons. The van der Waals surface area contributed by atoms with E-state index in [1.807, 2.05) is 48.5 Å². The highest BCUT2D eigenvalue weighted by atomic mass is 16.5. The van der Waals surface area contributed by atoms with Gasteiger partial charge >= 0.3 is 0 Å². The predicted molar refractivity (Wildman–Crippen MR) is 103 cm³/mol. The fourth-order valence-corrected chi connectivity index (χ4v) is 2.83. The highest BCUT2D eigenvalue weighted by Crippen LogP contribution is 2.18. The van der Waals surface area contributed by atoms with Gasteiger partial charge in [-0.3, -0.25) is 4.79 Å². The van der Waals surface area contributed by atoms with Gasteiger partial charge in [0.2, 0.25) is 5.91 Å². The van der Waals surface area contributed by atoms with Crippen LogP contribution in [0.4, 0.5) is 0 Å². The van der Waals surface area contributed by atoms with Crippen LogP contribution in [0.25, 0.3) is 10.8 Å². The molecule has 1 atom stereocenters. The minimum Gasteiger partial charge on any atom is -0.497 e. The minimum atomic E-state index is -0.531. The Morgan fingerprint density at radius 3 is 2.65 bits per heavy atom. The van der Waals surface area contributed by atoms with Gasteiger partial charge in [0.15, 0.2) is 0 Å². The maximum Gasteiger partial charge on any atom is 0.249 e. The summed E-state index contributed by atoms with van der Waals surface area (Å²) in [5.74, 6) is 0.653. The van der Waals surface area contributed by atoms with E-state index in [1.165, 1.54) is 5.39 Å². The summed E-state index contributed by atoms with van der Waals surface area (Å²) in [6.07, 6.45) is -0.531. The first-order chi connectivity index (χ1) is 12.7. The number of amides is 1. The highest BCUT2D eigenvalue weighted by Gasteiger charge is 2.13. The van der Waals surface area contributed by atoms with E-state index in [1.54, 1.807) is 14.0 Å². The Labute approximate surface area is 153 Å². The maximum atomic E-state index is 12.3. The van der Waals surface area contributed by atoms with Crippen LogP contribution in [-0.2, 0) is 22.7 Å². The Morgan fingerprint density at radius 2 is 1.81 bits per heavy atom. The number of hydrogen-bond acceptors (Lipinski definition) is 3. The van der Waals surface area contributed by atoms with E-state index in [9.17, 15) is 4.79 Å². The van der Waals surface area contributed by atoms with Crippen molar-refractivity contribution in [3.63, 3.8) is 0 Å². The fraction of sp³-hybridized carbons (Fsp3) is 0.227. The van der Waals surface area contributed by atoms with Crippen molar-refractivity contribution in [3.8, 4) is 5.75 Å². The van der Waals surface area contributed by atoms with Crippen LogP contribution in [0.15, 0.2) is 66.7 Å². The molecular formula is C22H23NO3. The van der Waals surface area contributed by atoms with Crippen molar-refractivity contribution in [1.82, 2.24) is 5.32 Å². The minimum absolute atomic E-state index is 0.124. The first-order valence-corrected chi connectivity index (χ1v) is 8.66. The van der Waals surface area contributed by atoms with Gasteiger partial charge < -0.3 is 14.8 Å². The van der Waals surface area contributed by atoms with Crippen molar-refractivity contribution >= 4 is 16.7 Å². The van der Waals surface area contributed by atoms with Crippen LogP contribution < -0.4 is 10.1 Å². The van der Waals surface area contributed by atoms with Crippen molar-refractivity contribution < 1.29 is 14.3 Å². The lowest BCUT2D eigenvalue weighted by Crippen LogP contribution is -2.34. The van der Waals surface area contributed by atoms with Crippen LogP contribution in [0.5, 0.6) is 5.75 Å². The summed E-state index contributed by atoms with van der Waals surface area (Å²) in [5.41, 5.74) is 2.06. The number of carbonyl (C=O) groups excluding carboxylic acids is 1. The van der Waals surface area contributed by atoms with Gasteiger partial charge in [0.1, 0.15) is 11.9 Å². The largest absolute Gasteiger partial charge is 0.497 e. The first kappa shape index (κ1) is 18.0. The zero-order valence-corrected chi connectivity index (χ0v) is 15.1. The molecule has 4 nitrogen and oxygen atoms in total. The molecule has 0 fully saturated rings. The van der Waals surface area contributed by atoms with Gasteiger partial charge in [-0.15, -0.1) is 0 Å². The van der Waals surface area contributed by atoms with Gasteiger partial charge in [0, 0.05) is 6.54 Å². The molecule has 26 heavy (non-hydrogen) atoms. The second-order valence-corrected chi connectivity index (χ2v) is 6.16. The van der Waals surface area contributed by atoms with Gasteiger partial charge in [0.05, 0.1) is 13.7 Å². The Morgan fingerprint density at radius 1 is 1.04 bits per heavy atom. The monoisotopic (exact) mass is 349 g/mol. The van der Waals surface area contributed by atoms with E-state index in [-0.39, 0.29) is 5.91 Å². The van der Waals surface area contributed by atoms with Crippen molar-refractivity contribution in [2.45, 2.75) is 26.2 Å². The molecule has 0 bridgehead atoms. The molecule has 3 rings (SSSR count). The molecule has 1 unspecified atom stereocenters. The molecule has 0 aliphatic carbocycles. The van der Waals surface area contributed by atoms with E-state index in [0.29, 0.717) is 13.2 Å². The second kappa shape index (κ2) is 8.50. The third-order valence-corrected chi connectivity index (χ3v) is 4.34. The number of ether oxygens (including phenoxy) is 2. The fourth-order valence-electron chi connectivity index (χ4n) is 2.83. The molecular weight excluding hydrogens is 326 g/mol. The lowest BCUT2D eigenvalue weighted by atomic mass is 10.0. The standard InChI is InChI=1S/C22H23NO3/c1-16(26-15-17-7-5-11-20(13-17)25-2)22(24)23-14-19-10-6-9-18-8-3-4-12-21(18)19/h3-13,16H,14-15H2,1-2H3,(H,23,24). The van der Waals surface area contributed by atoms with Gasteiger partial charge in [-0.25, -0.2) is 0 Å². The van der Waals surface area contributed by atoms with Crippen molar-refractivity contribution in [3.05, 3.63) is 77.9 Å². The maximum absolute atomic E-state index is 12.3. The van der Waals surface area contributed by atoms with E-state index < -0.39 is 6.10 Å². The average molecular weight is 349 g/mol. The van der Waals surface area contributed by atoms with Gasteiger partial charge in [-0.2, -0.15) is 0 Å². The Bertz CT molecular complexity index is 886. The molecule has 1 amide bonds. The van der Waals surface area contributed by atoms with E-state index >= 15 is 0 Å². The number of nitrogens with one attached hydrogen (secondary N) is 1. The SMILES string of the molecule is COc1cccc(COC(C)C(=O)NCc2cccc3ccccc23)c1. The first-order valence-electron chi connectivity index (χ1n) is 8.66. The lowest BCUT2D eigenvalue weighted by Gasteiger charge is -2.14. The number of methoxy groups -OCH3 is 1. The van der Waals surface area contributed by atoms with Crippen LogP contribution in [0.2, 0.25) is 0 Å². The summed E-state index contributed by atoms with van der Waals surface area (Å²) in [6, 6.07) is 21.9. The number of carbonyl (C=O) groups is 1.